The van der Waals surface area contributed by atoms with E-state index >= 15 is 0 Å². The van der Waals surface area contributed by atoms with E-state index in [0.29, 0.717) is 18.8 Å². The molecule has 0 aromatic heterocycles. The third-order valence-electron chi connectivity index (χ3n) is 11.2. The molecule has 0 aliphatic heterocycles. The van der Waals surface area contributed by atoms with Crippen LogP contribution in [-0.2, 0) is 14.9 Å². The zero-order valence-electron chi connectivity index (χ0n) is 22.3. The van der Waals surface area contributed by atoms with Gasteiger partial charge in [0.1, 0.15) is 0 Å². The van der Waals surface area contributed by atoms with Crippen molar-refractivity contribution in [1.29, 1.82) is 0 Å². The topological polar surface area (TPSA) is 144 Å². The summed E-state index contributed by atoms with van der Waals surface area (Å²) in [5.41, 5.74) is -0.264. The van der Waals surface area contributed by atoms with E-state index in [-0.39, 0.29) is 58.9 Å². The van der Waals surface area contributed by atoms with Crippen LogP contribution >= 0.6 is 0 Å². The van der Waals surface area contributed by atoms with Gasteiger partial charge in [-0.05, 0) is 105 Å². The number of aliphatic hydroxyl groups is 3. The van der Waals surface area contributed by atoms with Crippen molar-refractivity contribution < 1.29 is 33.1 Å². The van der Waals surface area contributed by atoms with Crippen molar-refractivity contribution in [2.75, 3.05) is 5.75 Å². The first-order chi connectivity index (χ1) is 16.7. The first-order valence-electron chi connectivity index (χ1n) is 14.0. The van der Waals surface area contributed by atoms with Gasteiger partial charge in [0, 0.05) is 12.5 Å². The highest BCUT2D eigenvalue weighted by Gasteiger charge is 2.65. The number of fused-ring (bicyclic) bond motifs is 5. The van der Waals surface area contributed by atoms with Crippen molar-refractivity contribution in [3.8, 4) is 0 Å². The van der Waals surface area contributed by atoms with Crippen LogP contribution in [0.1, 0.15) is 85.5 Å². The maximum atomic E-state index is 12.4. The third kappa shape index (κ3) is 5.12. The van der Waals surface area contributed by atoms with Gasteiger partial charge >= 0.3 is 0 Å². The van der Waals surface area contributed by atoms with E-state index in [2.05, 4.69) is 26.1 Å². The summed E-state index contributed by atoms with van der Waals surface area (Å²) in [6.07, 6.45) is 5.62. The molecule has 4 rings (SSSR count). The summed E-state index contributed by atoms with van der Waals surface area (Å²) in [5, 5.41) is 36.0. The van der Waals surface area contributed by atoms with Gasteiger partial charge in [-0.3, -0.25) is 9.35 Å². The molecule has 0 radical (unpaired) electrons. The van der Waals surface area contributed by atoms with Gasteiger partial charge in [0.2, 0.25) is 5.91 Å². The molecule has 0 spiro atoms. The normalized spacial score (nSPS) is 46.2. The summed E-state index contributed by atoms with van der Waals surface area (Å²) < 4.78 is 31.1. The molecule has 4 aliphatic rings. The second-order valence-corrected chi connectivity index (χ2v) is 14.8. The van der Waals surface area contributed by atoms with Crippen molar-refractivity contribution >= 4 is 16.0 Å². The molecule has 9 heteroatoms. The molecule has 4 saturated carbocycles. The summed E-state index contributed by atoms with van der Waals surface area (Å²) in [5.74, 6) is 0.659. The van der Waals surface area contributed by atoms with Crippen LogP contribution < -0.4 is 5.32 Å². The summed E-state index contributed by atoms with van der Waals surface area (Å²) in [6, 6.07) is -0.660. The SMILES string of the molecule is CC(CS(=O)(=O)O)NC(=O)CCC(C)C1CCC2C3C(O)CC4CC(O)CCC4(C)C3CC(O)C12C. The number of carbonyl (C=O) groups is 1. The van der Waals surface area contributed by atoms with Gasteiger partial charge in [0.25, 0.3) is 10.1 Å². The number of nitrogens with one attached hydrogen (secondary N) is 1. The first kappa shape index (κ1) is 28.3. The number of hydrogen-bond acceptors (Lipinski definition) is 6. The minimum absolute atomic E-state index is 0.0476. The average molecular weight is 530 g/mol. The summed E-state index contributed by atoms with van der Waals surface area (Å²) in [6.45, 7) is 8.23. The minimum Gasteiger partial charge on any atom is -0.393 e. The Morgan fingerprint density at radius 3 is 2.39 bits per heavy atom. The lowest BCUT2D eigenvalue weighted by Crippen LogP contribution is -2.62. The Hall–Kier alpha value is -0.740. The zero-order chi connectivity index (χ0) is 26.6. The van der Waals surface area contributed by atoms with Gasteiger partial charge in [-0.15, -0.1) is 0 Å². The molecule has 4 aliphatic carbocycles. The highest BCUT2D eigenvalue weighted by atomic mass is 32.2. The Bertz CT molecular complexity index is 927. The number of carbonyl (C=O) groups excluding carboxylic acids is 1. The molecule has 5 N–H and O–H groups in total. The molecule has 1 amide bonds. The van der Waals surface area contributed by atoms with Crippen LogP contribution in [0.15, 0.2) is 0 Å². The fourth-order valence-electron chi connectivity index (χ4n) is 9.40. The van der Waals surface area contributed by atoms with Crippen molar-refractivity contribution in [1.82, 2.24) is 5.32 Å². The number of amides is 1. The summed E-state index contributed by atoms with van der Waals surface area (Å²) in [4.78, 5) is 12.4. The highest BCUT2D eigenvalue weighted by Crippen LogP contribution is 2.68. The third-order valence-corrected chi connectivity index (χ3v) is 12.1. The van der Waals surface area contributed by atoms with Gasteiger partial charge in [-0.25, -0.2) is 0 Å². The van der Waals surface area contributed by atoms with Crippen LogP contribution in [0.25, 0.3) is 0 Å². The molecule has 0 bridgehead atoms. The van der Waals surface area contributed by atoms with Crippen molar-refractivity contribution in [3.63, 3.8) is 0 Å². The van der Waals surface area contributed by atoms with E-state index in [1.807, 2.05) is 0 Å². The molecule has 12 atom stereocenters. The second-order valence-electron chi connectivity index (χ2n) is 13.3. The van der Waals surface area contributed by atoms with Crippen molar-refractivity contribution in [2.45, 2.75) is 110 Å². The largest absolute Gasteiger partial charge is 0.393 e. The van der Waals surface area contributed by atoms with Crippen LogP contribution in [0.4, 0.5) is 0 Å². The van der Waals surface area contributed by atoms with E-state index < -0.39 is 34.1 Å². The lowest BCUT2D eigenvalue weighted by atomic mass is 9.43. The van der Waals surface area contributed by atoms with Gasteiger partial charge in [-0.2, -0.15) is 8.42 Å². The Morgan fingerprint density at radius 1 is 1.03 bits per heavy atom. The number of aliphatic hydroxyl groups excluding tert-OH is 3. The van der Waals surface area contributed by atoms with E-state index in [1.54, 1.807) is 6.92 Å². The molecule has 0 saturated heterocycles. The van der Waals surface area contributed by atoms with Gasteiger partial charge in [0.05, 0.1) is 24.1 Å². The van der Waals surface area contributed by atoms with Gasteiger partial charge in [-0.1, -0.05) is 20.8 Å². The van der Waals surface area contributed by atoms with E-state index in [9.17, 15) is 28.5 Å². The molecular weight excluding hydrogens is 482 g/mol. The first-order valence-corrected chi connectivity index (χ1v) is 15.6. The van der Waals surface area contributed by atoms with Gasteiger partial charge in [0.15, 0.2) is 0 Å². The highest BCUT2D eigenvalue weighted by molar-refractivity contribution is 7.85. The van der Waals surface area contributed by atoms with Crippen molar-refractivity contribution in [3.05, 3.63) is 0 Å². The Balaban J connectivity index is 1.44. The van der Waals surface area contributed by atoms with E-state index in [1.165, 1.54) is 0 Å². The van der Waals surface area contributed by atoms with Crippen LogP contribution in [0.5, 0.6) is 0 Å². The fourth-order valence-corrected chi connectivity index (χ4v) is 10.1. The predicted octanol–water partition coefficient (Wildman–Crippen LogP) is 2.76. The monoisotopic (exact) mass is 529 g/mol. The van der Waals surface area contributed by atoms with Crippen LogP contribution in [0, 0.1) is 46.3 Å². The molecule has 0 heterocycles. The standard InChI is InChI=1S/C27H47NO7S/c1-15(5-8-24(32)28-16(2)14-36(33,34)35)19-6-7-20-25-21(13-23(31)27(19,20)4)26(3)10-9-18(29)11-17(26)12-22(25)30/h15-23,25,29-31H,5-14H2,1-4H3,(H,28,32)(H,33,34,35). The summed E-state index contributed by atoms with van der Waals surface area (Å²) in [7, 11) is -4.15. The second kappa shape index (κ2) is 10.1. The molecule has 208 valence electrons. The minimum atomic E-state index is -4.15. The quantitative estimate of drug-likeness (QED) is 0.319. The summed E-state index contributed by atoms with van der Waals surface area (Å²) >= 11 is 0. The van der Waals surface area contributed by atoms with Crippen LogP contribution in [0.2, 0.25) is 0 Å². The number of rotatable bonds is 7. The maximum Gasteiger partial charge on any atom is 0.266 e. The molecule has 0 aromatic rings. The lowest BCUT2D eigenvalue weighted by Gasteiger charge is -2.63. The Morgan fingerprint density at radius 2 is 1.72 bits per heavy atom. The lowest BCUT2D eigenvalue weighted by molar-refractivity contribution is -0.207. The zero-order valence-corrected chi connectivity index (χ0v) is 23.1. The van der Waals surface area contributed by atoms with Crippen molar-refractivity contribution in [2.24, 2.45) is 46.3 Å². The van der Waals surface area contributed by atoms with Gasteiger partial charge < -0.3 is 20.6 Å². The smallest absolute Gasteiger partial charge is 0.266 e. The maximum absolute atomic E-state index is 12.4. The molecule has 36 heavy (non-hydrogen) atoms. The average Bonchev–Trinajstić information content (AvgIpc) is 3.11. The van der Waals surface area contributed by atoms with E-state index in [4.69, 9.17) is 4.55 Å². The molecule has 4 fully saturated rings. The Labute approximate surface area is 216 Å². The fraction of sp³-hybridized carbons (Fsp3) is 0.963. The Kier molecular flexibility index (Phi) is 7.93. The molecule has 8 nitrogen and oxygen atoms in total. The number of hydrogen-bond donors (Lipinski definition) is 5. The molecular formula is C27H47NO7S. The van der Waals surface area contributed by atoms with E-state index in [0.717, 1.165) is 38.5 Å². The van der Waals surface area contributed by atoms with Crippen LogP contribution in [0.3, 0.4) is 0 Å². The van der Waals surface area contributed by atoms with Crippen LogP contribution in [-0.4, -0.2) is 64.3 Å². The molecule has 0 aromatic carbocycles. The molecule has 12 unspecified atom stereocenters. The predicted molar refractivity (Wildman–Crippen MR) is 136 cm³/mol.